The summed E-state index contributed by atoms with van der Waals surface area (Å²) in [5, 5.41) is 6.44. The van der Waals surface area contributed by atoms with Crippen molar-refractivity contribution in [3.63, 3.8) is 0 Å². The number of rotatable bonds is 5. The smallest absolute Gasteiger partial charge is 0.251 e. The van der Waals surface area contributed by atoms with Gasteiger partial charge in [-0.1, -0.05) is 24.3 Å². The summed E-state index contributed by atoms with van der Waals surface area (Å²) in [6.45, 7) is 2.57. The number of nitrogens with zero attached hydrogens (tertiary/aromatic N) is 2. The molecule has 1 fully saturated rings. The van der Waals surface area contributed by atoms with E-state index in [1.54, 1.807) is 0 Å². The maximum atomic E-state index is 12.7. The lowest BCUT2D eigenvalue weighted by Gasteiger charge is -2.14. The second-order valence-corrected chi connectivity index (χ2v) is 6.46. The lowest BCUT2D eigenvalue weighted by Crippen LogP contribution is -2.27. The number of pyridine rings is 1. The van der Waals surface area contributed by atoms with E-state index in [-0.39, 0.29) is 5.91 Å². The number of hydrogen-bond acceptors (Lipinski definition) is 3. The molecule has 128 valence electrons. The standard InChI is InChI=1S/C20H22N4O/c25-20(18-6-2-1-5-17(18)15-8-10-21-13-15)22-11-9-16-14-23-19-7-3-4-12-24(16)19/h1-7,12,14-15,21H,8-11,13H2,(H,22,25). The van der Waals surface area contributed by atoms with Crippen molar-refractivity contribution in [1.82, 2.24) is 20.0 Å². The Hall–Kier alpha value is -2.66. The Morgan fingerprint density at radius 2 is 2.12 bits per heavy atom. The number of nitrogens with one attached hydrogen (secondary N) is 2. The van der Waals surface area contributed by atoms with Crippen molar-refractivity contribution >= 4 is 11.6 Å². The number of fused-ring (bicyclic) bond motifs is 1. The van der Waals surface area contributed by atoms with Crippen LogP contribution in [0.4, 0.5) is 0 Å². The fourth-order valence-electron chi connectivity index (χ4n) is 3.55. The fourth-order valence-corrected chi connectivity index (χ4v) is 3.55. The number of imidazole rings is 1. The van der Waals surface area contributed by atoms with E-state index in [9.17, 15) is 4.79 Å². The van der Waals surface area contributed by atoms with Crippen molar-refractivity contribution in [1.29, 1.82) is 0 Å². The quantitative estimate of drug-likeness (QED) is 0.753. The molecule has 3 heterocycles. The van der Waals surface area contributed by atoms with E-state index in [2.05, 4.69) is 26.1 Å². The van der Waals surface area contributed by atoms with E-state index in [1.165, 1.54) is 0 Å². The van der Waals surface area contributed by atoms with Gasteiger partial charge in [0.2, 0.25) is 0 Å². The monoisotopic (exact) mass is 334 g/mol. The van der Waals surface area contributed by atoms with Crippen molar-refractivity contribution in [2.75, 3.05) is 19.6 Å². The molecule has 25 heavy (non-hydrogen) atoms. The molecule has 0 aliphatic carbocycles. The zero-order chi connectivity index (χ0) is 17.1. The fraction of sp³-hybridized carbons (Fsp3) is 0.300. The maximum absolute atomic E-state index is 12.7. The van der Waals surface area contributed by atoms with Crippen LogP contribution in [0, 0.1) is 0 Å². The molecule has 5 nitrogen and oxygen atoms in total. The third-order valence-corrected chi connectivity index (χ3v) is 4.87. The molecule has 0 bridgehead atoms. The van der Waals surface area contributed by atoms with E-state index in [0.717, 1.165) is 48.4 Å². The van der Waals surface area contributed by atoms with Gasteiger partial charge in [-0.2, -0.15) is 0 Å². The molecule has 1 atom stereocenters. The Labute approximate surface area is 147 Å². The molecule has 0 saturated carbocycles. The third-order valence-electron chi connectivity index (χ3n) is 4.87. The van der Waals surface area contributed by atoms with Crippen LogP contribution in [0.5, 0.6) is 0 Å². The average Bonchev–Trinajstić information content (AvgIpc) is 3.32. The van der Waals surface area contributed by atoms with Gasteiger partial charge >= 0.3 is 0 Å². The second kappa shape index (κ2) is 7.07. The SMILES string of the molecule is O=C(NCCc1cnc2ccccn12)c1ccccc1C1CCNC1. The predicted molar refractivity (Wildman–Crippen MR) is 97.9 cm³/mol. The number of benzene rings is 1. The van der Waals surface area contributed by atoms with E-state index < -0.39 is 0 Å². The molecule has 0 radical (unpaired) electrons. The van der Waals surface area contributed by atoms with Crippen LogP contribution in [0.25, 0.3) is 5.65 Å². The molecule has 1 aliphatic rings. The Morgan fingerprint density at radius 1 is 1.24 bits per heavy atom. The summed E-state index contributed by atoms with van der Waals surface area (Å²) in [5.74, 6) is 0.442. The zero-order valence-electron chi connectivity index (χ0n) is 14.1. The summed E-state index contributed by atoms with van der Waals surface area (Å²) < 4.78 is 2.06. The van der Waals surface area contributed by atoms with Crippen molar-refractivity contribution in [2.24, 2.45) is 0 Å². The first kappa shape index (κ1) is 15.8. The minimum atomic E-state index is 0.0105. The minimum absolute atomic E-state index is 0.0105. The highest BCUT2D eigenvalue weighted by molar-refractivity contribution is 5.95. The molecular formula is C20H22N4O. The Morgan fingerprint density at radius 3 is 3.00 bits per heavy atom. The van der Waals surface area contributed by atoms with Gasteiger partial charge in [0.05, 0.1) is 0 Å². The number of carbonyl (C=O) groups is 1. The van der Waals surface area contributed by atoms with Crippen LogP contribution in [0.1, 0.15) is 34.0 Å². The molecule has 1 amide bonds. The van der Waals surface area contributed by atoms with Crippen molar-refractivity contribution in [2.45, 2.75) is 18.8 Å². The lowest BCUT2D eigenvalue weighted by atomic mass is 9.93. The highest BCUT2D eigenvalue weighted by Crippen LogP contribution is 2.25. The number of aromatic nitrogens is 2. The van der Waals surface area contributed by atoms with Crippen LogP contribution < -0.4 is 10.6 Å². The first-order chi connectivity index (χ1) is 12.3. The topological polar surface area (TPSA) is 58.4 Å². The first-order valence-corrected chi connectivity index (χ1v) is 8.82. The largest absolute Gasteiger partial charge is 0.352 e. The van der Waals surface area contributed by atoms with Gasteiger partial charge in [0.1, 0.15) is 5.65 Å². The molecular weight excluding hydrogens is 312 g/mol. The highest BCUT2D eigenvalue weighted by Gasteiger charge is 2.21. The van der Waals surface area contributed by atoms with Crippen molar-refractivity contribution in [3.8, 4) is 0 Å². The molecule has 1 unspecified atom stereocenters. The van der Waals surface area contributed by atoms with Gasteiger partial charge < -0.3 is 15.0 Å². The number of amides is 1. The highest BCUT2D eigenvalue weighted by atomic mass is 16.1. The second-order valence-electron chi connectivity index (χ2n) is 6.46. The summed E-state index contributed by atoms with van der Waals surface area (Å²) in [7, 11) is 0. The first-order valence-electron chi connectivity index (χ1n) is 8.82. The average molecular weight is 334 g/mol. The van der Waals surface area contributed by atoms with Crippen LogP contribution in [-0.4, -0.2) is 34.9 Å². The van der Waals surface area contributed by atoms with Crippen molar-refractivity contribution < 1.29 is 4.79 Å². The van der Waals surface area contributed by atoms with Gasteiger partial charge in [0.15, 0.2) is 0 Å². The number of carbonyl (C=O) groups excluding carboxylic acids is 1. The van der Waals surface area contributed by atoms with Crippen LogP contribution in [0.15, 0.2) is 54.9 Å². The van der Waals surface area contributed by atoms with Gasteiger partial charge in [0.25, 0.3) is 5.91 Å². The zero-order valence-corrected chi connectivity index (χ0v) is 14.1. The molecule has 1 aromatic carbocycles. The van der Waals surface area contributed by atoms with Crippen LogP contribution in [-0.2, 0) is 6.42 Å². The van der Waals surface area contributed by atoms with E-state index in [0.29, 0.717) is 12.5 Å². The van der Waals surface area contributed by atoms with Gasteiger partial charge in [-0.15, -0.1) is 0 Å². The Balaban J connectivity index is 1.43. The number of hydrogen-bond donors (Lipinski definition) is 2. The maximum Gasteiger partial charge on any atom is 0.251 e. The molecule has 1 aliphatic heterocycles. The van der Waals surface area contributed by atoms with Gasteiger partial charge in [-0.3, -0.25) is 4.79 Å². The van der Waals surface area contributed by atoms with E-state index in [4.69, 9.17) is 0 Å². The molecule has 0 spiro atoms. The molecule has 5 heteroatoms. The van der Waals surface area contributed by atoms with Crippen LogP contribution in [0.3, 0.4) is 0 Å². The normalized spacial score (nSPS) is 17.0. The molecule has 2 aromatic heterocycles. The molecule has 4 rings (SSSR count). The predicted octanol–water partition coefficient (Wildman–Crippen LogP) is 2.38. The molecule has 1 saturated heterocycles. The van der Waals surface area contributed by atoms with E-state index >= 15 is 0 Å². The van der Waals surface area contributed by atoms with Crippen molar-refractivity contribution in [3.05, 3.63) is 71.7 Å². The summed E-state index contributed by atoms with van der Waals surface area (Å²) >= 11 is 0. The summed E-state index contributed by atoms with van der Waals surface area (Å²) in [4.78, 5) is 17.0. The van der Waals surface area contributed by atoms with Gasteiger partial charge in [-0.25, -0.2) is 4.98 Å². The summed E-state index contributed by atoms with van der Waals surface area (Å²) in [6.07, 6.45) is 5.72. The lowest BCUT2D eigenvalue weighted by molar-refractivity contribution is 0.0952. The molecule has 2 N–H and O–H groups in total. The minimum Gasteiger partial charge on any atom is -0.352 e. The summed E-state index contributed by atoms with van der Waals surface area (Å²) in [5.41, 5.74) is 3.99. The van der Waals surface area contributed by atoms with Crippen LogP contribution in [0.2, 0.25) is 0 Å². The molecule has 3 aromatic rings. The third kappa shape index (κ3) is 3.28. The van der Waals surface area contributed by atoms with Gasteiger partial charge in [0, 0.05) is 43.2 Å². The van der Waals surface area contributed by atoms with Crippen LogP contribution >= 0.6 is 0 Å². The Bertz CT molecular complexity index is 880. The van der Waals surface area contributed by atoms with E-state index in [1.807, 2.05) is 48.8 Å². The Kier molecular flexibility index (Phi) is 4.48. The summed E-state index contributed by atoms with van der Waals surface area (Å²) in [6, 6.07) is 13.9. The van der Waals surface area contributed by atoms with Gasteiger partial charge in [-0.05, 0) is 42.6 Å².